The molecular formula is C15H26O2. The van der Waals surface area contributed by atoms with Crippen LogP contribution in [-0.4, -0.2) is 19.5 Å². The van der Waals surface area contributed by atoms with Gasteiger partial charge in [-0.25, -0.2) is 0 Å². The zero-order valence-corrected chi connectivity index (χ0v) is 11.3. The van der Waals surface area contributed by atoms with Crippen LogP contribution in [0.3, 0.4) is 0 Å². The first-order valence-electron chi connectivity index (χ1n) is 7.19. The van der Waals surface area contributed by atoms with Crippen molar-refractivity contribution < 1.29 is 9.47 Å². The maximum absolute atomic E-state index is 5.48. The van der Waals surface area contributed by atoms with Crippen molar-refractivity contribution in [2.45, 2.75) is 65.1 Å². The van der Waals surface area contributed by atoms with Crippen LogP contribution < -0.4 is 0 Å². The Kier molecular flexibility index (Phi) is 4.63. The Morgan fingerprint density at radius 1 is 1.24 bits per heavy atom. The van der Waals surface area contributed by atoms with Crippen molar-refractivity contribution in [1.29, 1.82) is 0 Å². The molecule has 0 spiro atoms. The van der Waals surface area contributed by atoms with E-state index in [1.807, 2.05) is 0 Å². The maximum Gasteiger partial charge on any atom is 0.158 e. The average Bonchev–Trinajstić information content (AvgIpc) is 2.90. The van der Waals surface area contributed by atoms with Gasteiger partial charge in [0.25, 0.3) is 0 Å². The van der Waals surface area contributed by atoms with E-state index in [0.29, 0.717) is 5.41 Å². The number of allylic oxidation sites excluding steroid dienone is 2. The molecule has 1 saturated heterocycles. The topological polar surface area (TPSA) is 18.5 Å². The van der Waals surface area contributed by atoms with Crippen LogP contribution in [0.1, 0.15) is 58.8 Å². The molecule has 0 aromatic carbocycles. The summed E-state index contributed by atoms with van der Waals surface area (Å²) < 4.78 is 11.0. The highest BCUT2D eigenvalue weighted by atomic mass is 16.7. The van der Waals surface area contributed by atoms with Crippen molar-refractivity contribution in [1.82, 2.24) is 0 Å². The molecule has 0 bridgehead atoms. The second-order valence-electron chi connectivity index (χ2n) is 5.48. The molecule has 2 heteroatoms. The second kappa shape index (κ2) is 6.01. The van der Waals surface area contributed by atoms with E-state index in [-0.39, 0.29) is 6.29 Å². The van der Waals surface area contributed by atoms with Crippen LogP contribution in [0.5, 0.6) is 0 Å². The van der Waals surface area contributed by atoms with Crippen LogP contribution in [0.2, 0.25) is 0 Å². The predicted octanol–water partition coefficient (Wildman–Crippen LogP) is 4.06. The van der Waals surface area contributed by atoms with E-state index in [4.69, 9.17) is 9.47 Å². The number of hydrogen-bond donors (Lipinski definition) is 0. The molecule has 0 atom stereocenters. The molecule has 0 unspecified atom stereocenters. The zero-order valence-electron chi connectivity index (χ0n) is 11.3. The lowest BCUT2D eigenvalue weighted by Crippen LogP contribution is -2.21. The summed E-state index contributed by atoms with van der Waals surface area (Å²) in [6, 6.07) is 0. The van der Waals surface area contributed by atoms with Gasteiger partial charge in [0.2, 0.25) is 0 Å². The number of hydrogen-bond acceptors (Lipinski definition) is 2. The van der Waals surface area contributed by atoms with Gasteiger partial charge >= 0.3 is 0 Å². The predicted molar refractivity (Wildman–Crippen MR) is 69.9 cm³/mol. The fourth-order valence-corrected chi connectivity index (χ4v) is 2.99. The van der Waals surface area contributed by atoms with Crippen molar-refractivity contribution in [2.24, 2.45) is 5.41 Å². The third-order valence-corrected chi connectivity index (χ3v) is 4.69. The molecule has 2 rings (SSSR count). The van der Waals surface area contributed by atoms with Gasteiger partial charge in [-0.05, 0) is 31.1 Å². The van der Waals surface area contributed by atoms with E-state index in [1.165, 1.54) is 32.1 Å². The van der Waals surface area contributed by atoms with Gasteiger partial charge in [-0.2, -0.15) is 0 Å². The number of ether oxygens (including phenoxy) is 2. The van der Waals surface area contributed by atoms with E-state index < -0.39 is 0 Å². The summed E-state index contributed by atoms with van der Waals surface area (Å²) in [6.45, 7) is 6.22. The van der Waals surface area contributed by atoms with Crippen molar-refractivity contribution in [3.8, 4) is 0 Å². The van der Waals surface area contributed by atoms with Gasteiger partial charge in [0.1, 0.15) is 0 Å². The Balaban J connectivity index is 1.77. The third-order valence-electron chi connectivity index (χ3n) is 4.69. The Morgan fingerprint density at radius 2 is 1.94 bits per heavy atom. The van der Waals surface area contributed by atoms with Gasteiger partial charge in [-0.15, -0.1) is 0 Å². The van der Waals surface area contributed by atoms with Crippen LogP contribution in [0.4, 0.5) is 0 Å². The fraction of sp³-hybridized carbons (Fsp3) is 0.867. The van der Waals surface area contributed by atoms with E-state index in [1.54, 1.807) is 5.57 Å². The average molecular weight is 238 g/mol. The summed E-state index contributed by atoms with van der Waals surface area (Å²) in [5.74, 6) is 0. The van der Waals surface area contributed by atoms with E-state index >= 15 is 0 Å². The molecule has 0 saturated carbocycles. The van der Waals surface area contributed by atoms with Gasteiger partial charge in [-0.1, -0.05) is 38.3 Å². The summed E-state index contributed by atoms with van der Waals surface area (Å²) in [4.78, 5) is 0. The molecule has 17 heavy (non-hydrogen) atoms. The maximum atomic E-state index is 5.48. The Morgan fingerprint density at radius 3 is 2.47 bits per heavy atom. The molecule has 1 aliphatic carbocycles. The Labute approximate surface area is 105 Å². The van der Waals surface area contributed by atoms with Crippen molar-refractivity contribution >= 4 is 0 Å². The summed E-state index contributed by atoms with van der Waals surface area (Å²) in [7, 11) is 0. The molecule has 1 fully saturated rings. The minimum Gasteiger partial charge on any atom is -0.350 e. The quantitative estimate of drug-likeness (QED) is 0.673. The monoisotopic (exact) mass is 238 g/mol. The zero-order chi connectivity index (χ0) is 12.1. The largest absolute Gasteiger partial charge is 0.350 e. The molecule has 2 nitrogen and oxygen atoms in total. The number of rotatable bonds is 5. The van der Waals surface area contributed by atoms with Crippen molar-refractivity contribution in [3.63, 3.8) is 0 Å². The lowest BCUT2D eigenvalue weighted by Gasteiger charge is -2.35. The lowest BCUT2D eigenvalue weighted by atomic mass is 9.71. The first-order chi connectivity index (χ1) is 8.28. The van der Waals surface area contributed by atoms with Crippen LogP contribution in [0, 0.1) is 5.41 Å². The van der Waals surface area contributed by atoms with Gasteiger partial charge in [0.05, 0.1) is 13.2 Å². The molecule has 0 amide bonds. The summed E-state index contributed by atoms with van der Waals surface area (Å²) in [6.07, 6.45) is 11.3. The van der Waals surface area contributed by atoms with Gasteiger partial charge in [0, 0.05) is 6.42 Å². The smallest absolute Gasteiger partial charge is 0.158 e. The molecule has 0 aromatic heterocycles. The lowest BCUT2D eigenvalue weighted by molar-refractivity contribution is -0.0464. The minimum atomic E-state index is 0.0694. The summed E-state index contributed by atoms with van der Waals surface area (Å²) >= 11 is 0. The Hall–Kier alpha value is -0.340. The summed E-state index contributed by atoms with van der Waals surface area (Å²) in [5, 5.41) is 0. The minimum absolute atomic E-state index is 0.0694. The first-order valence-corrected chi connectivity index (χ1v) is 7.19. The molecule has 1 aliphatic heterocycles. The molecule has 98 valence electrons. The van der Waals surface area contributed by atoms with Crippen molar-refractivity contribution in [3.05, 3.63) is 11.6 Å². The molecule has 2 aliphatic rings. The van der Waals surface area contributed by atoms with Crippen LogP contribution >= 0.6 is 0 Å². The van der Waals surface area contributed by atoms with Gasteiger partial charge in [0.15, 0.2) is 6.29 Å². The highest BCUT2D eigenvalue weighted by molar-refractivity contribution is 5.09. The molecular weight excluding hydrogens is 212 g/mol. The van der Waals surface area contributed by atoms with Gasteiger partial charge in [-0.3, -0.25) is 0 Å². The van der Waals surface area contributed by atoms with Crippen LogP contribution in [-0.2, 0) is 9.47 Å². The van der Waals surface area contributed by atoms with Crippen LogP contribution in [0.15, 0.2) is 11.6 Å². The second-order valence-corrected chi connectivity index (χ2v) is 5.48. The van der Waals surface area contributed by atoms with Crippen LogP contribution in [0.25, 0.3) is 0 Å². The normalized spacial score (nSPS) is 24.9. The van der Waals surface area contributed by atoms with Crippen molar-refractivity contribution in [2.75, 3.05) is 13.2 Å². The van der Waals surface area contributed by atoms with E-state index in [0.717, 1.165) is 26.1 Å². The van der Waals surface area contributed by atoms with E-state index in [2.05, 4.69) is 19.9 Å². The SMILES string of the molecule is CCC1(CC)CC=C(CCC2OCCO2)CC1. The fourth-order valence-electron chi connectivity index (χ4n) is 2.99. The highest BCUT2D eigenvalue weighted by Crippen LogP contribution is 2.42. The highest BCUT2D eigenvalue weighted by Gasteiger charge is 2.28. The van der Waals surface area contributed by atoms with Gasteiger partial charge < -0.3 is 9.47 Å². The Bertz CT molecular complexity index is 260. The molecule has 0 radical (unpaired) electrons. The summed E-state index contributed by atoms with van der Waals surface area (Å²) in [5.41, 5.74) is 2.23. The van der Waals surface area contributed by atoms with E-state index in [9.17, 15) is 0 Å². The molecule has 0 N–H and O–H groups in total. The first kappa shape index (κ1) is 13.1. The standard InChI is InChI=1S/C15H26O2/c1-3-15(4-2)9-7-13(8-10-15)5-6-14-16-11-12-17-14/h7,14H,3-6,8-12H2,1-2H3. The molecule has 1 heterocycles. The third kappa shape index (κ3) is 3.32. The molecule has 0 aromatic rings.